The molecular formula is C21H31BrN2O2S. The van der Waals surface area contributed by atoms with E-state index in [9.17, 15) is 8.42 Å². The zero-order valence-electron chi connectivity index (χ0n) is 16.4. The Morgan fingerprint density at radius 3 is 2.33 bits per heavy atom. The monoisotopic (exact) mass is 454 g/mol. The largest absolute Gasteiger partial charge is 0.300 e. The van der Waals surface area contributed by atoms with Crippen LogP contribution in [0.25, 0.3) is 0 Å². The lowest BCUT2D eigenvalue weighted by atomic mass is 9.95. The maximum atomic E-state index is 13.2. The van der Waals surface area contributed by atoms with Gasteiger partial charge in [-0.05, 0) is 81.0 Å². The van der Waals surface area contributed by atoms with Crippen molar-refractivity contribution in [1.29, 1.82) is 0 Å². The van der Waals surface area contributed by atoms with Crippen molar-refractivity contribution in [2.24, 2.45) is 5.92 Å². The molecule has 3 aliphatic rings. The topological polar surface area (TPSA) is 40.6 Å². The van der Waals surface area contributed by atoms with Crippen LogP contribution in [-0.4, -0.2) is 49.8 Å². The predicted molar refractivity (Wildman–Crippen MR) is 116 cm³/mol. The second-order valence-electron chi connectivity index (χ2n) is 7.88. The van der Waals surface area contributed by atoms with Crippen molar-refractivity contribution in [3.05, 3.63) is 45.3 Å². The first kappa shape index (κ1) is 21.0. The van der Waals surface area contributed by atoms with Crippen LogP contribution in [0.15, 0.2) is 45.3 Å². The fourth-order valence-corrected chi connectivity index (χ4v) is 5.96. The summed E-state index contributed by atoms with van der Waals surface area (Å²) < 4.78 is 28.9. The molecule has 0 saturated carbocycles. The molecule has 6 heteroatoms. The molecular weight excluding hydrogens is 424 g/mol. The summed E-state index contributed by atoms with van der Waals surface area (Å²) in [6, 6.07) is 0.537. The van der Waals surface area contributed by atoms with Gasteiger partial charge >= 0.3 is 0 Å². The normalized spacial score (nSPS) is 31.7. The Bertz CT molecular complexity index is 751. The van der Waals surface area contributed by atoms with E-state index in [1.54, 1.807) is 16.5 Å². The van der Waals surface area contributed by atoms with Gasteiger partial charge in [0.25, 0.3) is 0 Å². The van der Waals surface area contributed by atoms with E-state index in [2.05, 4.69) is 34.7 Å². The highest BCUT2D eigenvalue weighted by atomic mass is 79.9. The Balaban J connectivity index is 1.67. The average molecular weight is 455 g/mol. The van der Waals surface area contributed by atoms with E-state index in [-0.39, 0.29) is 0 Å². The first-order chi connectivity index (χ1) is 12.9. The maximum Gasteiger partial charge on any atom is 0.243 e. The molecule has 2 heterocycles. The molecule has 2 fully saturated rings. The molecule has 0 unspecified atom stereocenters. The SMILES string of the molecule is CCC1=C\C=C(S(=O)(=O)N2CCC(N3CCC(C)CC3)CC2)/C=C/C(Br)=C\1. The Hall–Kier alpha value is -0.690. The lowest BCUT2D eigenvalue weighted by Crippen LogP contribution is -2.48. The van der Waals surface area contributed by atoms with E-state index in [0.717, 1.165) is 48.3 Å². The van der Waals surface area contributed by atoms with Crippen molar-refractivity contribution in [2.45, 2.75) is 52.0 Å². The molecule has 2 aliphatic heterocycles. The van der Waals surface area contributed by atoms with Gasteiger partial charge in [0, 0.05) is 23.6 Å². The zero-order valence-corrected chi connectivity index (χ0v) is 18.8. The Kier molecular flexibility index (Phi) is 7.17. The van der Waals surface area contributed by atoms with Gasteiger partial charge in [-0.15, -0.1) is 0 Å². The van der Waals surface area contributed by atoms with Crippen LogP contribution < -0.4 is 0 Å². The van der Waals surface area contributed by atoms with Crippen LogP contribution >= 0.6 is 15.9 Å². The van der Waals surface area contributed by atoms with Gasteiger partial charge in [0.05, 0.1) is 4.91 Å². The quantitative estimate of drug-likeness (QED) is 0.623. The fraction of sp³-hybridized carbons (Fsp3) is 0.619. The highest BCUT2D eigenvalue weighted by molar-refractivity contribution is 9.11. The molecule has 0 atom stereocenters. The van der Waals surface area contributed by atoms with E-state index >= 15 is 0 Å². The molecule has 1 aliphatic carbocycles. The van der Waals surface area contributed by atoms with Gasteiger partial charge in [-0.2, -0.15) is 4.31 Å². The summed E-state index contributed by atoms with van der Waals surface area (Å²) in [4.78, 5) is 2.96. The fourth-order valence-electron chi connectivity index (χ4n) is 4.06. The van der Waals surface area contributed by atoms with Gasteiger partial charge in [-0.1, -0.05) is 35.9 Å². The lowest BCUT2D eigenvalue weighted by Gasteiger charge is -2.41. The van der Waals surface area contributed by atoms with Crippen molar-refractivity contribution in [2.75, 3.05) is 26.2 Å². The van der Waals surface area contributed by atoms with Crippen molar-refractivity contribution >= 4 is 26.0 Å². The van der Waals surface area contributed by atoms with Gasteiger partial charge < -0.3 is 4.90 Å². The number of likely N-dealkylation sites (tertiary alicyclic amines) is 1. The summed E-state index contributed by atoms with van der Waals surface area (Å²) >= 11 is 3.49. The minimum Gasteiger partial charge on any atom is -0.300 e. The number of hydrogen-bond donors (Lipinski definition) is 0. The third-order valence-electron chi connectivity index (χ3n) is 6.00. The number of allylic oxidation sites excluding steroid dienone is 7. The molecule has 0 spiro atoms. The minimum atomic E-state index is -3.45. The van der Waals surface area contributed by atoms with Crippen LogP contribution in [0.5, 0.6) is 0 Å². The second-order valence-corrected chi connectivity index (χ2v) is 10.7. The van der Waals surface area contributed by atoms with Crippen LogP contribution in [0.2, 0.25) is 0 Å². The maximum absolute atomic E-state index is 13.2. The van der Waals surface area contributed by atoms with Crippen molar-refractivity contribution in [3.63, 3.8) is 0 Å². The smallest absolute Gasteiger partial charge is 0.243 e. The number of rotatable bonds is 4. The molecule has 150 valence electrons. The number of piperidine rings is 2. The van der Waals surface area contributed by atoms with Crippen LogP contribution in [0.3, 0.4) is 0 Å². The van der Waals surface area contributed by atoms with Crippen molar-refractivity contribution in [1.82, 2.24) is 9.21 Å². The third-order valence-corrected chi connectivity index (χ3v) is 8.40. The second kappa shape index (κ2) is 9.21. The summed E-state index contributed by atoms with van der Waals surface area (Å²) in [5.41, 5.74) is 1.11. The van der Waals surface area contributed by atoms with E-state index in [1.165, 1.54) is 12.8 Å². The lowest BCUT2D eigenvalue weighted by molar-refractivity contribution is 0.101. The van der Waals surface area contributed by atoms with Crippen molar-refractivity contribution in [3.8, 4) is 0 Å². The Morgan fingerprint density at radius 2 is 1.70 bits per heavy atom. The highest BCUT2D eigenvalue weighted by Gasteiger charge is 2.33. The molecule has 0 N–H and O–H groups in total. The van der Waals surface area contributed by atoms with Gasteiger partial charge in [0.15, 0.2) is 0 Å². The van der Waals surface area contributed by atoms with E-state index in [0.29, 0.717) is 24.0 Å². The van der Waals surface area contributed by atoms with Crippen molar-refractivity contribution < 1.29 is 8.42 Å². The Labute approximate surface area is 172 Å². The number of hydrogen-bond acceptors (Lipinski definition) is 3. The molecule has 0 aromatic heterocycles. The number of sulfonamides is 1. The Morgan fingerprint density at radius 1 is 1.04 bits per heavy atom. The van der Waals surface area contributed by atoms with Gasteiger partial charge in [0.2, 0.25) is 10.0 Å². The summed E-state index contributed by atoms with van der Waals surface area (Å²) in [6.07, 6.45) is 14.5. The minimum absolute atomic E-state index is 0.378. The van der Waals surface area contributed by atoms with E-state index in [4.69, 9.17) is 0 Å². The molecule has 3 rings (SSSR count). The average Bonchev–Trinajstić information content (AvgIpc) is 2.65. The molecule has 0 radical (unpaired) electrons. The number of nitrogens with zero attached hydrogens (tertiary/aromatic N) is 2. The molecule has 0 aromatic rings. The van der Waals surface area contributed by atoms with Gasteiger partial charge in [0.1, 0.15) is 0 Å². The standard InChI is InChI=1S/C21H31BrN2O2S/c1-3-18-4-6-21(7-5-19(22)16-18)27(25,26)24-14-10-20(11-15-24)23-12-8-17(2)9-13-23/h4-7,16-17,20H,3,8-15H2,1-2H3/b6-4?,7-5+,18-4+,18-16?,19-5?,19-16+,21-6+,21-7?. The summed E-state index contributed by atoms with van der Waals surface area (Å²) in [5.74, 6) is 0.828. The van der Waals surface area contributed by atoms with E-state index < -0.39 is 10.0 Å². The molecule has 4 nitrogen and oxygen atoms in total. The number of halogens is 1. The molecule has 27 heavy (non-hydrogen) atoms. The van der Waals surface area contributed by atoms with Crippen LogP contribution in [-0.2, 0) is 10.0 Å². The van der Waals surface area contributed by atoms with E-state index in [1.807, 2.05) is 18.2 Å². The van der Waals surface area contributed by atoms with Crippen LogP contribution in [0.1, 0.15) is 46.0 Å². The first-order valence-corrected chi connectivity index (χ1v) is 12.3. The highest BCUT2D eigenvalue weighted by Crippen LogP contribution is 2.27. The zero-order chi connectivity index (χ0) is 19.4. The predicted octanol–water partition coefficient (Wildman–Crippen LogP) is 4.58. The molecule has 0 aromatic carbocycles. The van der Waals surface area contributed by atoms with Gasteiger partial charge in [-0.25, -0.2) is 8.42 Å². The summed E-state index contributed by atoms with van der Waals surface area (Å²) in [7, 11) is -3.45. The molecule has 0 bridgehead atoms. The van der Waals surface area contributed by atoms with Crippen LogP contribution in [0, 0.1) is 5.92 Å². The molecule has 2 saturated heterocycles. The summed E-state index contributed by atoms with van der Waals surface area (Å²) in [6.45, 7) is 7.96. The molecule has 0 amide bonds. The third kappa shape index (κ3) is 5.22. The first-order valence-electron chi connectivity index (χ1n) is 10.1. The van der Waals surface area contributed by atoms with Crippen LogP contribution in [0.4, 0.5) is 0 Å². The summed E-state index contributed by atoms with van der Waals surface area (Å²) in [5, 5.41) is 0. The van der Waals surface area contributed by atoms with Gasteiger partial charge in [-0.3, -0.25) is 0 Å².